The molecule has 1 N–H and O–H groups in total. The van der Waals surface area contributed by atoms with Gasteiger partial charge in [0.1, 0.15) is 11.1 Å². The average Bonchev–Trinajstić information content (AvgIpc) is 3.24. The van der Waals surface area contributed by atoms with Crippen LogP contribution < -0.4 is 9.64 Å². The van der Waals surface area contributed by atoms with Crippen molar-refractivity contribution in [2.45, 2.75) is 25.9 Å². The van der Waals surface area contributed by atoms with E-state index in [1.165, 1.54) is 0 Å². The number of hydrogen-bond acceptors (Lipinski definition) is 5. The molecule has 0 bridgehead atoms. The van der Waals surface area contributed by atoms with E-state index in [1.54, 1.807) is 18.3 Å². The molecular formula is C25H25ClN2O3. The molecule has 0 amide bonds. The number of rotatable bonds is 7. The molecule has 2 heterocycles. The lowest BCUT2D eigenvalue weighted by molar-refractivity contribution is 0.103. The largest absolute Gasteiger partial charge is 0.471 e. The molecule has 1 fully saturated rings. The number of halogens is 1. The predicted octanol–water partition coefficient (Wildman–Crippen LogP) is 4.47. The number of ketones is 1. The van der Waals surface area contributed by atoms with E-state index in [0.717, 1.165) is 29.8 Å². The molecule has 1 saturated heterocycles. The Morgan fingerprint density at radius 1 is 1.19 bits per heavy atom. The lowest BCUT2D eigenvalue weighted by atomic mass is 9.98. The summed E-state index contributed by atoms with van der Waals surface area (Å²) in [4.78, 5) is 19.4. The highest BCUT2D eigenvalue weighted by Crippen LogP contribution is 2.30. The van der Waals surface area contributed by atoms with Gasteiger partial charge in [0.25, 0.3) is 0 Å². The zero-order valence-corrected chi connectivity index (χ0v) is 18.2. The number of aliphatic hydroxyl groups excluding tert-OH is 1. The van der Waals surface area contributed by atoms with Crippen LogP contribution in [0.25, 0.3) is 0 Å². The third-order valence-electron chi connectivity index (χ3n) is 5.53. The van der Waals surface area contributed by atoms with E-state index in [9.17, 15) is 9.90 Å². The minimum Gasteiger partial charge on any atom is -0.471 e. The maximum absolute atomic E-state index is 12.9. The number of benzene rings is 2. The van der Waals surface area contributed by atoms with Gasteiger partial charge in [0.15, 0.2) is 5.78 Å². The number of hydrogen-bond donors (Lipinski definition) is 1. The van der Waals surface area contributed by atoms with Gasteiger partial charge in [0.05, 0.1) is 6.54 Å². The van der Waals surface area contributed by atoms with E-state index in [-0.39, 0.29) is 18.5 Å². The Bertz CT molecular complexity index is 1070. The number of aliphatic hydroxyl groups is 1. The standard InChI is InChI=1S/C25H25ClN2O3/c1-17-4-6-18(7-5-17)24(30)20-8-9-23(19(15-20)11-14-29)28-13-10-21(16-28)31-25-22(26)3-2-12-27-25/h2-9,12,15,21,29H,10-11,13-14,16H2,1H3/t21-/m0/s1. The van der Waals surface area contributed by atoms with Gasteiger partial charge in [-0.25, -0.2) is 4.98 Å². The number of ether oxygens (including phenoxy) is 1. The molecule has 5 nitrogen and oxygen atoms in total. The van der Waals surface area contributed by atoms with E-state index >= 15 is 0 Å². The first kappa shape index (κ1) is 21.3. The van der Waals surface area contributed by atoms with Gasteiger partial charge >= 0.3 is 0 Å². The molecule has 0 unspecified atom stereocenters. The summed E-state index contributed by atoms with van der Waals surface area (Å²) in [5.41, 5.74) is 4.38. The van der Waals surface area contributed by atoms with Gasteiger partial charge < -0.3 is 14.7 Å². The van der Waals surface area contributed by atoms with Gasteiger partial charge in [0, 0.05) is 42.6 Å². The summed E-state index contributed by atoms with van der Waals surface area (Å²) < 4.78 is 6.00. The van der Waals surface area contributed by atoms with Crippen LogP contribution in [0.15, 0.2) is 60.8 Å². The first-order valence-electron chi connectivity index (χ1n) is 10.4. The molecule has 0 saturated carbocycles. The molecule has 3 aromatic rings. The molecule has 0 spiro atoms. The third-order valence-corrected chi connectivity index (χ3v) is 5.81. The minimum atomic E-state index is -0.0248. The fraction of sp³-hybridized carbons (Fsp3) is 0.280. The highest BCUT2D eigenvalue weighted by Gasteiger charge is 2.27. The Kier molecular flexibility index (Phi) is 6.54. The Hall–Kier alpha value is -2.89. The Morgan fingerprint density at radius 3 is 2.71 bits per heavy atom. The van der Waals surface area contributed by atoms with E-state index in [4.69, 9.17) is 16.3 Å². The second-order valence-corrected chi connectivity index (χ2v) is 8.18. The Balaban J connectivity index is 1.52. The number of nitrogens with zero attached hydrogens (tertiary/aromatic N) is 2. The zero-order valence-electron chi connectivity index (χ0n) is 17.4. The summed E-state index contributed by atoms with van der Waals surface area (Å²) in [5.74, 6) is 0.434. The van der Waals surface area contributed by atoms with Crippen LogP contribution in [0.1, 0.15) is 33.5 Å². The van der Waals surface area contributed by atoms with Gasteiger partial charge in [0.2, 0.25) is 5.88 Å². The fourth-order valence-electron chi connectivity index (χ4n) is 3.89. The lowest BCUT2D eigenvalue weighted by Crippen LogP contribution is -2.26. The molecule has 6 heteroatoms. The summed E-state index contributed by atoms with van der Waals surface area (Å²) in [5, 5.41) is 10.1. The maximum Gasteiger partial charge on any atom is 0.232 e. The summed E-state index contributed by atoms with van der Waals surface area (Å²) in [6.07, 6.45) is 2.97. The smallest absolute Gasteiger partial charge is 0.232 e. The highest BCUT2D eigenvalue weighted by molar-refractivity contribution is 6.31. The maximum atomic E-state index is 12.9. The molecule has 0 radical (unpaired) electrons. The Morgan fingerprint density at radius 2 is 1.97 bits per heavy atom. The fourth-order valence-corrected chi connectivity index (χ4v) is 4.05. The number of carbonyl (C=O) groups excluding carboxylic acids is 1. The first-order chi connectivity index (χ1) is 15.0. The van der Waals surface area contributed by atoms with Crippen molar-refractivity contribution in [3.63, 3.8) is 0 Å². The second kappa shape index (κ2) is 9.50. The monoisotopic (exact) mass is 436 g/mol. The second-order valence-electron chi connectivity index (χ2n) is 7.78. The summed E-state index contributed by atoms with van der Waals surface area (Å²) >= 11 is 6.17. The number of pyridine rings is 1. The van der Waals surface area contributed by atoms with Crippen LogP contribution in [-0.2, 0) is 6.42 Å². The molecule has 1 atom stereocenters. The van der Waals surface area contributed by atoms with Crippen molar-refractivity contribution < 1.29 is 14.6 Å². The number of aryl methyl sites for hydroxylation is 1. The van der Waals surface area contributed by atoms with Gasteiger partial charge in [-0.1, -0.05) is 41.4 Å². The SMILES string of the molecule is Cc1ccc(C(=O)c2ccc(N3CC[C@H](Oc4ncccc4Cl)C3)c(CCO)c2)cc1. The molecule has 4 rings (SSSR count). The number of carbonyl (C=O) groups is 1. The van der Waals surface area contributed by atoms with Crippen molar-refractivity contribution in [2.75, 3.05) is 24.6 Å². The molecular weight excluding hydrogens is 412 g/mol. The molecule has 1 aromatic heterocycles. The minimum absolute atomic E-state index is 0.0156. The highest BCUT2D eigenvalue weighted by atomic mass is 35.5. The third kappa shape index (κ3) is 4.89. The van der Waals surface area contributed by atoms with Crippen molar-refractivity contribution >= 4 is 23.1 Å². The van der Waals surface area contributed by atoms with Gasteiger partial charge in [-0.05, 0) is 49.2 Å². The summed E-state index contributed by atoms with van der Waals surface area (Å²) in [6.45, 7) is 3.53. The van der Waals surface area contributed by atoms with Crippen molar-refractivity contribution in [1.29, 1.82) is 0 Å². The average molecular weight is 437 g/mol. The molecule has 160 valence electrons. The molecule has 0 aliphatic carbocycles. The van der Waals surface area contributed by atoms with Crippen molar-refractivity contribution in [1.82, 2.24) is 4.98 Å². The van der Waals surface area contributed by atoms with E-state index < -0.39 is 0 Å². The van der Waals surface area contributed by atoms with Crippen LogP contribution in [0.2, 0.25) is 5.02 Å². The predicted molar refractivity (Wildman–Crippen MR) is 122 cm³/mol. The van der Waals surface area contributed by atoms with Crippen LogP contribution >= 0.6 is 11.6 Å². The van der Waals surface area contributed by atoms with E-state index in [2.05, 4.69) is 9.88 Å². The zero-order chi connectivity index (χ0) is 21.8. The summed E-state index contributed by atoms with van der Waals surface area (Å²) in [7, 11) is 0. The van der Waals surface area contributed by atoms with E-state index in [0.29, 0.717) is 35.0 Å². The van der Waals surface area contributed by atoms with E-state index in [1.807, 2.05) is 49.4 Å². The van der Waals surface area contributed by atoms with Crippen LogP contribution in [-0.4, -0.2) is 41.7 Å². The van der Waals surface area contributed by atoms with Gasteiger partial charge in [-0.2, -0.15) is 0 Å². The summed E-state index contributed by atoms with van der Waals surface area (Å²) in [6, 6.07) is 16.9. The Labute approximate surface area is 187 Å². The molecule has 1 aliphatic rings. The molecule has 31 heavy (non-hydrogen) atoms. The van der Waals surface area contributed by atoms with Crippen LogP contribution in [0.5, 0.6) is 5.88 Å². The molecule has 2 aromatic carbocycles. The lowest BCUT2D eigenvalue weighted by Gasteiger charge is -2.23. The van der Waals surface area contributed by atoms with Crippen LogP contribution in [0, 0.1) is 6.92 Å². The molecule has 1 aliphatic heterocycles. The topological polar surface area (TPSA) is 62.7 Å². The quantitative estimate of drug-likeness (QED) is 0.554. The van der Waals surface area contributed by atoms with Crippen LogP contribution in [0.4, 0.5) is 5.69 Å². The van der Waals surface area contributed by atoms with Crippen molar-refractivity contribution in [3.05, 3.63) is 88.1 Å². The number of aromatic nitrogens is 1. The van der Waals surface area contributed by atoms with Gasteiger partial charge in [-0.15, -0.1) is 0 Å². The van der Waals surface area contributed by atoms with Crippen molar-refractivity contribution in [3.8, 4) is 5.88 Å². The normalized spacial score (nSPS) is 15.8. The van der Waals surface area contributed by atoms with Crippen LogP contribution in [0.3, 0.4) is 0 Å². The number of anilines is 1. The first-order valence-corrected chi connectivity index (χ1v) is 10.8. The van der Waals surface area contributed by atoms with Crippen molar-refractivity contribution in [2.24, 2.45) is 0 Å². The van der Waals surface area contributed by atoms with Gasteiger partial charge in [-0.3, -0.25) is 4.79 Å².